The number of carboxylic acids is 1. The first-order valence-electron chi connectivity index (χ1n) is 8.51. The van der Waals surface area contributed by atoms with Crippen molar-refractivity contribution < 1.29 is 24.3 Å². The molecule has 0 unspecified atom stereocenters. The molecule has 4 rings (SSSR count). The molecule has 0 spiro atoms. The minimum Gasteiger partial charge on any atom is -0.478 e. The summed E-state index contributed by atoms with van der Waals surface area (Å²) in [5, 5.41) is 11.8. The maximum absolute atomic E-state index is 12.3. The summed E-state index contributed by atoms with van der Waals surface area (Å²) >= 11 is 0.936. The minimum absolute atomic E-state index is 0.0614. The van der Waals surface area contributed by atoms with E-state index in [-0.39, 0.29) is 28.2 Å². The number of hydrogen-bond donors (Lipinski definition) is 3. The molecule has 1 aromatic carbocycles. The number of amides is 3. The van der Waals surface area contributed by atoms with Gasteiger partial charge in [-0.15, -0.1) is 11.3 Å². The van der Waals surface area contributed by atoms with E-state index in [0.29, 0.717) is 9.55 Å². The van der Waals surface area contributed by atoms with Crippen molar-refractivity contribution in [3.05, 3.63) is 72.6 Å². The Morgan fingerprint density at radius 2 is 1.60 bits per heavy atom. The van der Waals surface area contributed by atoms with Gasteiger partial charge >= 0.3 is 17.1 Å². The van der Waals surface area contributed by atoms with Crippen LogP contribution >= 0.6 is 11.3 Å². The molecule has 3 amide bonds. The van der Waals surface area contributed by atoms with Crippen LogP contribution in [0, 0.1) is 0 Å². The van der Waals surface area contributed by atoms with E-state index >= 15 is 0 Å². The lowest BCUT2D eigenvalue weighted by molar-refractivity contribution is -0.121. The molecule has 0 radical (unpaired) electrons. The lowest BCUT2D eigenvalue weighted by atomic mass is 10.1. The van der Waals surface area contributed by atoms with Gasteiger partial charge in [0.05, 0.1) is 23.2 Å². The normalized spacial score (nSPS) is 13.0. The lowest BCUT2D eigenvalue weighted by Crippen LogP contribution is -2.40. The number of carbonyl (C=O) groups excluding carboxylic acids is 3. The van der Waals surface area contributed by atoms with Gasteiger partial charge in [0, 0.05) is 4.88 Å². The first-order valence-corrected chi connectivity index (χ1v) is 9.32. The summed E-state index contributed by atoms with van der Waals surface area (Å²) in [4.78, 5) is 71.6. The van der Waals surface area contributed by atoms with Crippen molar-refractivity contribution in [1.82, 2.24) is 14.9 Å². The van der Waals surface area contributed by atoms with Gasteiger partial charge in [-0.05, 0) is 18.2 Å². The third-order valence-corrected chi connectivity index (χ3v) is 5.45. The average molecular weight is 428 g/mol. The molecular formula is C18H12N4O7S. The molecule has 0 bridgehead atoms. The quantitative estimate of drug-likeness (QED) is 0.340. The molecule has 12 heteroatoms. The zero-order chi connectivity index (χ0) is 21.6. The van der Waals surface area contributed by atoms with Crippen molar-refractivity contribution in [3.63, 3.8) is 0 Å². The van der Waals surface area contributed by atoms with Crippen molar-refractivity contribution >= 4 is 40.0 Å². The predicted molar refractivity (Wildman–Crippen MR) is 103 cm³/mol. The van der Waals surface area contributed by atoms with Gasteiger partial charge in [0.25, 0.3) is 11.8 Å². The van der Waals surface area contributed by atoms with Gasteiger partial charge in [-0.1, -0.05) is 12.1 Å². The van der Waals surface area contributed by atoms with Gasteiger partial charge in [0.1, 0.15) is 11.5 Å². The molecule has 11 nitrogen and oxygen atoms in total. The second kappa shape index (κ2) is 7.08. The highest BCUT2D eigenvalue weighted by Crippen LogP contribution is 2.28. The molecule has 0 saturated carbocycles. The fourth-order valence-corrected chi connectivity index (χ4v) is 3.85. The van der Waals surface area contributed by atoms with Gasteiger partial charge in [0.15, 0.2) is 0 Å². The number of hydrogen-bond acceptors (Lipinski definition) is 8. The van der Waals surface area contributed by atoms with Gasteiger partial charge in [0.2, 0.25) is 5.91 Å². The zero-order valence-corrected chi connectivity index (χ0v) is 15.8. The van der Waals surface area contributed by atoms with Crippen LogP contribution in [-0.2, 0) is 11.3 Å². The molecule has 0 atom stereocenters. The molecule has 3 N–H and O–H groups in total. The number of aromatic nitrogens is 1. The van der Waals surface area contributed by atoms with Gasteiger partial charge in [-0.2, -0.15) is 4.68 Å². The zero-order valence-electron chi connectivity index (χ0n) is 15.0. The van der Waals surface area contributed by atoms with Gasteiger partial charge in [-0.3, -0.25) is 34.3 Å². The molecule has 30 heavy (non-hydrogen) atoms. The van der Waals surface area contributed by atoms with Crippen LogP contribution in [0.4, 0.5) is 5.00 Å². The summed E-state index contributed by atoms with van der Waals surface area (Å²) < 4.78 is 0.670. The maximum Gasteiger partial charge on any atom is 0.340 e. The van der Waals surface area contributed by atoms with Crippen LogP contribution in [0.3, 0.4) is 0 Å². The number of fused-ring (bicyclic) bond motifs is 1. The van der Waals surface area contributed by atoms with Gasteiger partial charge in [-0.25, -0.2) is 4.79 Å². The number of imide groups is 1. The monoisotopic (exact) mass is 428 g/mol. The molecule has 1 aliphatic heterocycles. The Kier molecular flexibility index (Phi) is 4.54. The molecular weight excluding hydrogens is 416 g/mol. The van der Waals surface area contributed by atoms with Crippen molar-refractivity contribution in [2.24, 2.45) is 0 Å². The summed E-state index contributed by atoms with van der Waals surface area (Å²) in [5.74, 6) is -3.01. The summed E-state index contributed by atoms with van der Waals surface area (Å²) in [6, 6.07) is 7.54. The molecule has 2 aromatic heterocycles. The summed E-state index contributed by atoms with van der Waals surface area (Å²) in [6.07, 6.45) is 0. The fourth-order valence-electron chi connectivity index (χ4n) is 2.88. The summed E-state index contributed by atoms with van der Waals surface area (Å²) in [7, 11) is 0. The molecule has 3 heterocycles. The predicted octanol–water partition coefficient (Wildman–Crippen LogP) is -0.369. The number of aromatic carboxylic acids is 1. The lowest BCUT2D eigenvalue weighted by Gasteiger charge is -2.13. The topological polar surface area (TPSA) is 155 Å². The number of benzene rings is 1. The number of nitrogens with one attached hydrogen (secondary N) is 2. The molecule has 3 aromatic rings. The first-order chi connectivity index (χ1) is 14.3. The Bertz CT molecular complexity index is 1240. The number of carboxylic acid groups (broad SMARTS) is 1. The van der Waals surface area contributed by atoms with E-state index < -0.39 is 41.4 Å². The Morgan fingerprint density at radius 1 is 1.00 bits per heavy atom. The van der Waals surface area contributed by atoms with E-state index in [2.05, 4.69) is 10.7 Å². The van der Waals surface area contributed by atoms with E-state index in [4.69, 9.17) is 0 Å². The molecule has 1 aliphatic rings. The van der Waals surface area contributed by atoms with E-state index in [9.17, 15) is 33.9 Å². The Labute approximate surface area is 170 Å². The Hall–Kier alpha value is -4.06. The highest BCUT2D eigenvalue weighted by atomic mass is 32.1. The van der Waals surface area contributed by atoms with Crippen molar-refractivity contribution in [1.29, 1.82) is 0 Å². The number of carbonyl (C=O) groups is 4. The van der Waals surface area contributed by atoms with E-state index in [0.717, 1.165) is 16.2 Å². The molecule has 0 fully saturated rings. The second-order valence-corrected chi connectivity index (χ2v) is 7.47. The van der Waals surface area contributed by atoms with Crippen LogP contribution in [-0.4, -0.2) is 44.9 Å². The number of nitrogens with zero attached hydrogens (tertiary/aromatic N) is 2. The fraction of sp³-hybridized carbons (Fsp3) is 0.111. The SMILES string of the molecule is O=C(CN1C(=O)c2ccccc2C1=O)NCc1cc(C(=O)O)c(Nn2c(=O)c2=O)s1. The second-order valence-electron chi connectivity index (χ2n) is 6.34. The van der Waals surface area contributed by atoms with Crippen LogP contribution < -0.4 is 21.9 Å². The smallest absolute Gasteiger partial charge is 0.340 e. The maximum atomic E-state index is 12.3. The van der Waals surface area contributed by atoms with E-state index in [1.807, 2.05) is 0 Å². The van der Waals surface area contributed by atoms with E-state index in [1.54, 1.807) is 12.1 Å². The van der Waals surface area contributed by atoms with Crippen LogP contribution in [0.5, 0.6) is 0 Å². The van der Waals surface area contributed by atoms with Crippen molar-refractivity contribution in [3.8, 4) is 0 Å². The molecule has 0 saturated heterocycles. The third kappa shape index (κ3) is 3.28. The van der Waals surface area contributed by atoms with Gasteiger partial charge < -0.3 is 10.4 Å². The van der Waals surface area contributed by atoms with Crippen LogP contribution in [0.1, 0.15) is 36.0 Å². The Morgan fingerprint density at radius 3 is 2.13 bits per heavy atom. The number of thiophene rings is 1. The largest absolute Gasteiger partial charge is 0.478 e. The van der Waals surface area contributed by atoms with E-state index in [1.165, 1.54) is 18.2 Å². The highest BCUT2D eigenvalue weighted by Gasteiger charge is 2.36. The van der Waals surface area contributed by atoms with Crippen LogP contribution in [0.15, 0.2) is 39.9 Å². The minimum atomic E-state index is -1.28. The Balaban J connectivity index is 1.41. The number of anilines is 1. The highest BCUT2D eigenvalue weighted by molar-refractivity contribution is 7.16. The molecule has 0 aliphatic carbocycles. The molecule has 152 valence electrons. The third-order valence-electron chi connectivity index (χ3n) is 4.41. The number of rotatable bonds is 7. The van der Waals surface area contributed by atoms with Crippen LogP contribution in [0.25, 0.3) is 0 Å². The first kappa shape index (κ1) is 19.3. The van der Waals surface area contributed by atoms with Crippen molar-refractivity contribution in [2.45, 2.75) is 6.54 Å². The standard InChI is InChI=1S/C18H12N4O7S/c23-12(7-21-14(24)9-3-1-2-4-10(9)15(21)25)19-6-8-5-11(18(28)29)13(30-8)20-22-16(26)17(22)27/h1-5,20H,6-7H2,(H,19,23)(H,28,29). The van der Waals surface area contributed by atoms with Crippen LogP contribution in [0.2, 0.25) is 0 Å². The summed E-state index contributed by atoms with van der Waals surface area (Å²) in [6.45, 7) is -0.554. The summed E-state index contributed by atoms with van der Waals surface area (Å²) in [5.41, 5.74) is 1.14. The average Bonchev–Trinajstić information content (AvgIpc) is 3.05. The van der Waals surface area contributed by atoms with Crippen molar-refractivity contribution in [2.75, 3.05) is 12.0 Å².